The molecule has 3 fully saturated rings. The van der Waals surface area contributed by atoms with Crippen LogP contribution in [0.1, 0.15) is 59.8 Å². The predicted molar refractivity (Wildman–Crippen MR) is 88.7 cm³/mol. The number of ketones is 1. The molecular formula is C20H30O3. The van der Waals surface area contributed by atoms with E-state index in [9.17, 15) is 15.0 Å². The zero-order chi connectivity index (χ0) is 16.8. The molecule has 0 saturated heterocycles. The number of fused-ring (bicyclic) bond motifs is 3. The number of allylic oxidation sites excluding steroid dienone is 1. The molecule has 0 aromatic carbocycles. The Labute approximate surface area is 139 Å². The smallest absolute Gasteiger partial charge is 0.162 e. The first-order valence-electron chi connectivity index (χ1n) is 9.14. The lowest BCUT2D eigenvalue weighted by Crippen LogP contribution is -2.63. The van der Waals surface area contributed by atoms with Crippen molar-refractivity contribution >= 4 is 5.78 Å². The molecule has 7 atom stereocenters. The molecule has 2 bridgehead atoms. The normalized spacial score (nSPS) is 57.0. The maximum Gasteiger partial charge on any atom is 0.162 e. The van der Waals surface area contributed by atoms with Crippen molar-refractivity contribution in [3.8, 4) is 0 Å². The van der Waals surface area contributed by atoms with Gasteiger partial charge in [-0.3, -0.25) is 4.79 Å². The highest BCUT2D eigenvalue weighted by Gasteiger charge is 2.67. The molecule has 128 valence electrons. The van der Waals surface area contributed by atoms with E-state index in [4.69, 9.17) is 0 Å². The molecule has 0 aliphatic heterocycles. The third-order valence-corrected chi connectivity index (χ3v) is 8.37. The van der Waals surface area contributed by atoms with Gasteiger partial charge in [0.25, 0.3) is 0 Å². The number of carbonyl (C=O) groups is 1. The van der Waals surface area contributed by atoms with E-state index in [1.807, 2.05) is 0 Å². The van der Waals surface area contributed by atoms with Crippen molar-refractivity contribution in [3.63, 3.8) is 0 Å². The zero-order valence-corrected chi connectivity index (χ0v) is 14.8. The average Bonchev–Trinajstić information content (AvgIpc) is 2.75. The first-order chi connectivity index (χ1) is 10.6. The Morgan fingerprint density at radius 2 is 1.78 bits per heavy atom. The summed E-state index contributed by atoms with van der Waals surface area (Å²) in [5, 5.41) is 21.2. The Kier molecular flexibility index (Phi) is 2.95. The standard InChI is InChI=1S/C20H30O3/c1-17(2)13-5-6-20-8-7-18(3,11-20)15(22)9-14(20)19(13,4)10-12(21)16(17)23/h7-8,13-16,22-23H,5-6,9-11H2,1-4H3/t13-,14+,15+,16-,18-,19-,20+/m1/s1. The number of rotatable bonds is 0. The number of aliphatic hydroxyl groups is 2. The van der Waals surface area contributed by atoms with Gasteiger partial charge < -0.3 is 10.2 Å². The van der Waals surface area contributed by atoms with Gasteiger partial charge in [0.1, 0.15) is 6.10 Å². The van der Waals surface area contributed by atoms with Gasteiger partial charge in [-0.25, -0.2) is 0 Å². The van der Waals surface area contributed by atoms with Crippen LogP contribution < -0.4 is 0 Å². The van der Waals surface area contributed by atoms with E-state index in [0.717, 1.165) is 25.7 Å². The molecule has 0 unspecified atom stereocenters. The fraction of sp³-hybridized carbons (Fsp3) is 0.850. The Balaban J connectivity index is 1.80. The Hall–Kier alpha value is -0.670. The van der Waals surface area contributed by atoms with Crippen LogP contribution in [0.4, 0.5) is 0 Å². The van der Waals surface area contributed by atoms with Crippen LogP contribution in [0.25, 0.3) is 0 Å². The number of hydrogen-bond donors (Lipinski definition) is 2. The lowest BCUT2D eigenvalue weighted by molar-refractivity contribution is -0.193. The van der Waals surface area contributed by atoms with E-state index in [-0.39, 0.29) is 33.5 Å². The maximum atomic E-state index is 12.6. The second kappa shape index (κ2) is 4.29. The average molecular weight is 318 g/mol. The Morgan fingerprint density at radius 1 is 1.09 bits per heavy atom. The summed E-state index contributed by atoms with van der Waals surface area (Å²) in [6.07, 6.45) is 7.92. The van der Waals surface area contributed by atoms with Crippen molar-refractivity contribution in [1.82, 2.24) is 0 Å². The molecule has 2 N–H and O–H groups in total. The van der Waals surface area contributed by atoms with E-state index < -0.39 is 6.10 Å². The molecule has 0 radical (unpaired) electrons. The van der Waals surface area contributed by atoms with Crippen LogP contribution in [-0.4, -0.2) is 28.2 Å². The molecule has 4 aliphatic rings. The topological polar surface area (TPSA) is 57.5 Å². The SMILES string of the molecule is CC1(C)[C@H](O)C(=O)C[C@]2(C)[C@@H]1CC[C@]13C=C[C@](C)(C1)[C@@H](O)C[C@H]32. The minimum absolute atomic E-state index is 0.00407. The first-order valence-corrected chi connectivity index (χ1v) is 9.14. The van der Waals surface area contributed by atoms with Gasteiger partial charge in [-0.05, 0) is 48.3 Å². The van der Waals surface area contributed by atoms with Gasteiger partial charge in [0, 0.05) is 17.3 Å². The molecule has 23 heavy (non-hydrogen) atoms. The van der Waals surface area contributed by atoms with Gasteiger partial charge in [0.05, 0.1) is 6.10 Å². The highest BCUT2D eigenvalue weighted by atomic mass is 16.3. The summed E-state index contributed by atoms with van der Waals surface area (Å²) >= 11 is 0. The van der Waals surface area contributed by atoms with Crippen LogP contribution in [0.2, 0.25) is 0 Å². The highest BCUT2D eigenvalue weighted by molar-refractivity contribution is 5.85. The molecule has 3 saturated carbocycles. The van der Waals surface area contributed by atoms with Crippen LogP contribution in [0, 0.1) is 33.5 Å². The van der Waals surface area contributed by atoms with Crippen LogP contribution in [0.15, 0.2) is 12.2 Å². The summed E-state index contributed by atoms with van der Waals surface area (Å²) < 4.78 is 0. The van der Waals surface area contributed by atoms with Gasteiger partial charge in [-0.2, -0.15) is 0 Å². The number of Topliss-reactive ketones (excluding diaryl/α,β-unsaturated/α-hetero) is 1. The third kappa shape index (κ3) is 1.76. The Bertz CT molecular complexity index is 594. The zero-order valence-electron chi connectivity index (χ0n) is 14.8. The van der Waals surface area contributed by atoms with Crippen LogP contribution >= 0.6 is 0 Å². The fourth-order valence-corrected chi connectivity index (χ4v) is 7.18. The molecule has 0 amide bonds. The number of carbonyl (C=O) groups excluding carboxylic acids is 1. The van der Waals surface area contributed by atoms with Crippen LogP contribution in [0.5, 0.6) is 0 Å². The van der Waals surface area contributed by atoms with Gasteiger partial charge in [-0.15, -0.1) is 0 Å². The highest BCUT2D eigenvalue weighted by Crippen LogP contribution is 2.71. The molecule has 3 nitrogen and oxygen atoms in total. The van der Waals surface area contributed by atoms with Gasteiger partial charge in [-0.1, -0.05) is 39.8 Å². The largest absolute Gasteiger partial charge is 0.392 e. The van der Waals surface area contributed by atoms with Crippen molar-refractivity contribution in [1.29, 1.82) is 0 Å². The molecule has 0 heterocycles. The van der Waals surface area contributed by atoms with E-state index in [2.05, 4.69) is 39.8 Å². The molecule has 4 aliphatic carbocycles. The van der Waals surface area contributed by atoms with Crippen molar-refractivity contribution in [2.75, 3.05) is 0 Å². The van der Waals surface area contributed by atoms with E-state index in [1.165, 1.54) is 0 Å². The van der Waals surface area contributed by atoms with Crippen LogP contribution in [-0.2, 0) is 4.79 Å². The van der Waals surface area contributed by atoms with E-state index >= 15 is 0 Å². The Morgan fingerprint density at radius 3 is 2.48 bits per heavy atom. The van der Waals surface area contributed by atoms with Gasteiger partial charge in [0.15, 0.2) is 5.78 Å². The van der Waals surface area contributed by atoms with Gasteiger partial charge in [0.2, 0.25) is 0 Å². The maximum absolute atomic E-state index is 12.6. The lowest BCUT2D eigenvalue weighted by atomic mass is 9.39. The fourth-order valence-electron chi connectivity index (χ4n) is 7.18. The molecule has 0 aromatic rings. The van der Waals surface area contributed by atoms with Crippen molar-refractivity contribution in [3.05, 3.63) is 12.2 Å². The summed E-state index contributed by atoms with van der Waals surface area (Å²) in [6, 6.07) is 0. The molecule has 3 heteroatoms. The summed E-state index contributed by atoms with van der Waals surface area (Å²) in [4.78, 5) is 12.6. The first kappa shape index (κ1) is 15.8. The molecule has 1 spiro atoms. The second-order valence-corrected chi connectivity index (χ2v) is 10.0. The minimum atomic E-state index is -0.840. The number of aliphatic hydroxyl groups excluding tert-OH is 2. The summed E-state index contributed by atoms with van der Waals surface area (Å²) in [6.45, 7) is 8.55. The molecule has 4 rings (SSSR count). The predicted octanol–water partition coefficient (Wildman–Crippen LogP) is 3.10. The third-order valence-electron chi connectivity index (χ3n) is 8.37. The summed E-state index contributed by atoms with van der Waals surface area (Å²) in [5.74, 6) is 0.672. The van der Waals surface area contributed by atoms with Gasteiger partial charge >= 0.3 is 0 Å². The van der Waals surface area contributed by atoms with Crippen molar-refractivity contribution in [2.24, 2.45) is 33.5 Å². The van der Waals surface area contributed by atoms with Crippen LogP contribution in [0.3, 0.4) is 0 Å². The molecule has 0 aromatic heterocycles. The van der Waals surface area contributed by atoms with E-state index in [0.29, 0.717) is 18.3 Å². The van der Waals surface area contributed by atoms with E-state index in [1.54, 1.807) is 0 Å². The molecular weight excluding hydrogens is 288 g/mol. The van der Waals surface area contributed by atoms with Crippen molar-refractivity contribution in [2.45, 2.75) is 72.0 Å². The summed E-state index contributed by atoms with van der Waals surface area (Å²) in [5.41, 5.74) is -0.431. The van der Waals surface area contributed by atoms with Crippen molar-refractivity contribution < 1.29 is 15.0 Å². The monoisotopic (exact) mass is 318 g/mol. The quantitative estimate of drug-likeness (QED) is 0.675. The number of hydrogen-bond acceptors (Lipinski definition) is 3. The second-order valence-electron chi connectivity index (χ2n) is 10.0. The minimum Gasteiger partial charge on any atom is -0.392 e. The lowest BCUT2D eigenvalue weighted by Gasteiger charge is -2.65. The summed E-state index contributed by atoms with van der Waals surface area (Å²) in [7, 11) is 0.